The minimum Gasteiger partial charge on any atom is -0.497 e. The van der Waals surface area contributed by atoms with Gasteiger partial charge < -0.3 is 4.74 Å². The summed E-state index contributed by atoms with van der Waals surface area (Å²) in [4.78, 5) is 41.8. The SMILES string of the molecule is COc1ccc(N2C(=O)CC(N(Cc3c(=O)o[nH][n+]3-c3ccccc3)C3CC3)C2=O)cc1. The third kappa shape index (κ3) is 3.60. The van der Waals surface area contributed by atoms with Crippen molar-refractivity contribution in [3.05, 3.63) is 70.7 Å². The fourth-order valence-corrected chi connectivity index (χ4v) is 4.16. The molecule has 9 heteroatoms. The molecule has 3 aromatic rings. The van der Waals surface area contributed by atoms with Gasteiger partial charge in [-0.05, 0) is 47.1 Å². The summed E-state index contributed by atoms with van der Waals surface area (Å²) in [6.45, 7) is 0.200. The van der Waals surface area contributed by atoms with E-state index in [-0.39, 0.29) is 30.8 Å². The van der Waals surface area contributed by atoms with Crippen LogP contribution in [0.3, 0.4) is 0 Å². The van der Waals surface area contributed by atoms with Gasteiger partial charge in [0.2, 0.25) is 11.6 Å². The van der Waals surface area contributed by atoms with Crippen LogP contribution in [0.15, 0.2) is 63.9 Å². The van der Waals surface area contributed by atoms with E-state index in [9.17, 15) is 14.4 Å². The molecule has 1 saturated carbocycles. The maximum Gasteiger partial charge on any atom is 0.431 e. The number of aromatic amines is 1. The zero-order valence-corrected chi connectivity index (χ0v) is 17.6. The molecular formula is C23H23N4O5+. The van der Waals surface area contributed by atoms with Crippen molar-refractivity contribution in [2.45, 2.75) is 37.9 Å². The van der Waals surface area contributed by atoms with E-state index in [1.807, 2.05) is 35.2 Å². The molecule has 0 bridgehead atoms. The Hall–Kier alpha value is -3.72. The van der Waals surface area contributed by atoms with Crippen LogP contribution in [0.2, 0.25) is 0 Å². The molecule has 1 aromatic heterocycles. The predicted octanol–water partition coefficient (Wildman–Crippen LogP) is 1.55. The van der Waals surface area contributed by atoms with E-state index in [4.69, 9.17) is 9.26 Å². The quantitative estimate of drug-likeness (QED) is 0.447. The summed E-state index contributed by atoms with van der Waals surface area (Å²) in [7, 11) is 1.56. The Morgan fingerprint density at radius 2 is 1.81 bits per heavy atom. The summed E-state index contributed by atoms with van der Waals surface area (Å²) in [5, 5.41) is 2.64. The van der Waals surface area contributed by atoms with Gasteiger partial charge in [0, 0.05) is 18.2 Å². The number of hydrogen-bond donors (Lipinski definition) is 1. The molecule has 0 radical (unpaired) electrons. The van der Waals surface area contributed by atoms with Crippen molar-refractivity contribution in [3.63, 3.8) is 0 Å². The molecule has 1 unspecified atom stereocenters. The molecule has 1 aliphatic heterocycles. The van der Waals surface area contributed by atoms with Gasteiger partial charge in [0.15, 0.2) is 0 Å². The molecule has 1 atom stereocenters. The Bertz CT molecular complexity index is 1200. The van der Waals surface area contributed by atoms with Gasteiger partial charge in [-0.25, -0.2) is 9.69 Å². The number of para-hydroxylation sites is 1. The predicted molar refractivity (Wildman–Crippen MR) is 113 cm³/mol. The summed E-state index contributed by atoms with van der Waals surface area (Å²) in [5.41, 5.74) is 1.15. The minimum absolute atomic E-state index is 0.0719. The Labute approximate surface area is 183 Å². The Balaban J connectivity index is 1.43. The fraction of sp³-hybridized carbons (Fsp3) is 0.304. The molecule has 1 saturated heterocycles. The largest absolute Gasteiger partial charge is 0.497 e. The number of H-pyrrole nitrogens is 1. The van der Waals surface area contributed by atoms with Crippen molar-refractivity contribution in [2.75, 3.05) is 12.0 Å². The minimum atomic E-state index is -0.629. The van der Waals surface area contributed by atoms with Gasteiger partial charge in [0.05, 0.1) is 31.8 Å². The van der Waals surface area contributed by atoms with Crippen LogP contribution in [-0.2, 0) is 16.1 Å². The second-order valence-corrected chi connectivity index (χ2v) is 7.99. The van der Waals surface area contributed by atoms with Crippen LogP contribution in [0, 0.1) is 0 Å². The first-order valence-electron chi connectivity index (χ1n) is 10.5. The lowest BCUT2D eigenvalue weighted by atomic mass is 10.2. The Kier molecular flexibility index (Phi) is 5.10. The summed E-state index contributed by atoms with van der Waals surface area (Å²) < 4.78 is 11.8. The maximum atomic E-state index is 13.3. The summed E-state index contributed by atoms with van der Waals surface area (Å²) in [6.07, 6.45) is 1.91. The molecule has 2 amide bonds. The van der Waals surface area contributed by atoms with Crippen LogP contribution in [0.25, 0.3) is 5.69 Å². The zero-order valence-electron chi connectivity index (χ0n) is 17.6. The van der Waals surface area contributed by atoms with Crippen LogP contribution in [0.1, 0.15) is 25.0 Å². The van der Waals surface area contributed by atoms with Gasteiger partial charge in [0.1, 0.15) is 5.75 Å². The lowest BCUT2D eigenvalue weighted by molar-refractivity contribution is -0.678. The monoisotopic (exact) mass is 435 g/mol. The average Bonchev–Trinajstić information content (AvgIpc) is 3.53. The number of imide groups is 1. The van der Waals surface area contributed by atoms with E-state index < -0.39 is 11.7 Å². The number of benzene rings is 2. The molecule has 1 N–H and O–H groups in total. The number of carbonyl (C=O) groups excluding carboxylic acids is 2. The van der Waals surface area contributed by atoms with Crippen molar-refractivity contribution in [2.24, 2.45) is 0 Å². The summed E-state index contributed by atoms with van der Waals surface area (Å²) in [6, 6.07) is 15.7. The number of carbonyl (C=O) groups is 2. The molecule has 5 rings (SSSR count). The number of ether oxygens (including phenoxy) is 1. The van der Waals surface area contributed by atoms with E-state index >= 15 is 0 Å². The molecular weight excluding hydrogens is 412 g/mol. The third-order valence-corrected chi connectivity index (χ3v) is 5.95. The standard InChI is InChI=1S/C23H22N4O5/c1-31-18-11-9-16(10-12-18)26-21(28)13-19(22(26)29)25(15-7-8-15)14-20-23(30)32-24-27(20)17-5-3-2-4-6-17/h2-6,9-12,15,19H,7-8,13-14H2,1H3/p+1. The molecule has 1 aliphatic carbocycles. The first-order chi connectivity index (χ1) is 15.6. The second kappa shape index (κ2) is 8.08. The van der Waals surface area contributed by atoms with Crippen molar-refractivity contribution < 1.29 is 23.5 Å². The molecule has 164 valence electrons. The number of anilines is 1. The van der Waals surface area contributed by atoms with Crippen LogP contribution >= 0.6 is 0 Å². The van der Waals surface area contributed by atoms with Crippen molar-refractivity contribution >= 4 is 17.5 Å². The van der Waals surface area contributed by atoms with E-state index in [2.05, 4.69) is 5.27 Å². The van der Waals surface area contributed by atoms with Gasteiger partial charge in [-0.15, -0.1) is 0 Å². The molecule has 2 heterocycles. The van der Waals surface area contributed by atoms with Crippen LogP contribution in [-0.4, -0.2) is 41.2 Å². The zero-order chi connectivity index (χ0) is 22.2. The van der Waals surface area contributed by atoms with Crippen LogP contribution in [0.5, 0.6) is 5.75 Å². The molecule has 2 fully saturated rings. The third-order valence-electron chi connectivity index (χ3n) is 5.95. The lowest BCUT2D eigenvalue weighted by Crippen LogP contribution is -2.47. The van der Waals surface area contributed by atoms with Gasteiger partial charge in [-0.3, -0.25) is 19.0 Å². The van der Waals surface area contributed by atoms with E-state index in [0.29, 0.717) is 17.1 Å². The maximum absolute atomic E-state index is 13.3. The highest BCUT2D eigenvalue weighted by Crippen LogP contribution is 2.35. The van der Waals surface area contributed by atoms with Crippen molar-refractivity contribution in [3.8, 4) is 11.4 Å². The van der Waals surface area contributed by atoms with E-state index in [0.717, 1.165) is 18.5 Å². The topological polar surface area (TPSA) is 99.7 Å². The van der Waals surface area contributed by atoms with Crippen LogP contribution in [0.4, 0.5) is 5.69 Å². The normalized spacial score (nSPS) is 18.6. The number of nitrogens with one attached hydrogen (secondary N) is 1. The molecule has 0 spiro atoms. The first-order valence-corrected chi connectivity index (χ1v) is 10.5. The van der Waals surface area contributed by atoms with Gasteiger partial charge in [-0.2, -0.15) is 0 Å². The smallest absolute Gasteiger partial charge is 0.431 e. The first kappa shape index (κ1) is 20.2. The number of methoxy groups -OCH3 is 1. The van der Waals surface area contributed by atoms with Crippen LogP contribution < -0.4 is 19.9 Å². The number of rotatable bonds is 7. The summed E-state index contributed by atoms with van der Waals surface area (Å²) in [5.74, 6) is 0.111. The number of hydrogen-bond acceptors (Lipinski definition) is 6. The lowest BCUT2D eigenvalue weighted by Gasteiger charge is -2.25. The van der Waals surface area contributed by atoms with Crippen molar-refractivity contribution in [1.29, 1.82) is 0 Å². The fourth-order valence-electron chi connectivity index (χ4n) is 4.16. The Morgan fingerprint density at radius 3 is 2.47 bits per heavy atom. The summed E-state index contributed by atoms with van der Waals surface area (Å²) >= 11 is 0. The number of nitrogens with zero attached hydrogens (tertiary/aromatic N) is 3. The molecule has 32 heavy (non-hydrogen) atoms. The molecule has 9 nitrogen and oxygen atoms in total. The highest BCUT2D eigenvalue weighted by Gasteiger charge is 2.48. The highest BCUT2D eigenvalue weighted by molar-refractivity contribution is 6.22. The number of aromatic nitrogens is 2. The highest BCUT2D eigenvalue weighted by atomic mass is 16.5. The molecule has 2 aliphatic rings. The average molecular weight is 435 g/mol. The van der Waals surface area contributed by atoms with E-state index in [1.54, 1.807) is 36.1 Å². The van der Waals surface area contributed by atoms with Crippen molar-refractivity contribution in [1.82, 2.24) is 10.2 Å². The molecule has 2 aromatic carbocycles. The van der Waals surface area contributed by atoms with Gasteiger partial charge in [0.25, 0.3) is 5.91 Å². The van der Waals surface area contributed by atoms with Gasteiger partial charge in [-0.1, -0.05) is 18.2 Å². The van der Waals surface area contributed by atoms with E-state index in [1.165, 1.54) is 4.90 Å². The Morgan fingerprint density at radius 1 is 1.09 bits per heavy atom. The number of amides is 2. The second-order valence-electron chi connectivity index (χ2n) is 7.99. The van der Waals surface area contributed by atoms with Gasteiger partial charge >= 0.3 is 11.3 Å².